The van der Waals surface area contributed by atoms with Gasteiger partial charge in [-0.05, 0) is 55.5 Å². The molecule has 2 aliphatic rings. The molecule has 4 nitrogen and oxygen atoms in total. The summed E-state index contributed by atoms with van der Waals surface area (Å²) < 4.78 is 45.3. The fraction of sp³-hybridized carbons (Fsp3) is 0.435. The molecule has 0 saturated carbocycles. The van der Waals surface area contributed by atoms with Crippen LogP contribution in [0.2, 0.25) is 0 Å². The van der Waals surface area contributed by atoms with Crippen LogP contribution in [0, 0.1) is 0 Å². The number of ether oxygens (including phenoxy) is 1. The Kier molecular flexibility index (Phi) is 5.49. The van der Waals surface area contributed by atoms with E-state index in [1.807, 2.05) is 18.2 Å². The van der Waals surface area contributed by atoms with Crippen LogP contribution >= 0.6 is 0 Å². The Morgan fingerprint density at radius 2 is 1.93 bits per heavy atom. The van der Waals surface area contributed by atoms with Crippen LogP contribution in [0.15, 0.2) is 42.5 Å². The second kappa shape index (κ2) is 7.95. The Balaban J connectivity index is 1.66. The Morgan fingerprint density at radius 1 is 1.17 bits per heavy atom. The van der Waals surface area contributed by atoms with E-state index < -0.39 is 17.2 Å². The van der Waals surface area contributed by atoms with Gasteiger partial charge in [0, 0.05) is 37.7 Å². The lowest BCUT2D eigenvalue weighted by Crippen LogP contribution is -2.45. The minimum Gasteiger partial charge on any atom is -0.381 e. The minimum atomic E-state index is -4.46. The summed E-state index contributed by atoms with van der Waals surface area (Å²) in [5, 5.41) is 2.98. The quantitative estimate of drug-likeness (QED) is 0.777. The molecule has 0 spiro atoms. The van der Waals surface area contributed by atoms with Gasteiger partial charge >= 0.3 is 6.18 Å². The van der Waals surface area contributed by atoms with Crippen LogP contribution in [0.5, 0.6) is 0 Å². The first kappa shape index (κ1) is 20.7. The Bertz CT molecular complexity index is 936. The zero-order chi connectivity index (χ0) is 21.4. The van der Waals surface area contributed by atoms with Gasteiger partial charge < -0.3 is 15.0 Å². The molecular weight excluding hydrogens is 393 g/mol. The summed E-state index contributed by atoms with van der Waals surface area (Å²) in [6, 6.07) is 11.0. The summed E-state index contributed by atoms with van der Waals surface area (Å²) in [6.07, 6.45) is -2.80. The first-order valence-corrected chi connectivity index (χ1v) is 10.3. The summed E-state index contributed by atoms with van der Waals surface area (Å²) >= 11 is 0. The smallest absolute Gasteiger partial charge is 0.381 e. The number of rotatable bonds is 4. The standard InChI is InChI=1S/C23H25F3N2O2/c1-2-28-11-8-16-6-7-19(15-20(16)28)27-21(29)22(9-12-30-13-10-22)17-4-3-5-18(14-17)23(24,25)26/h3-7,14-15H,2,8-13H2,1H3,(H,27,29). The Labute approximate surface area is 174 Å². The lowest BCUT2D eigenvalue weighted by molar-refractivity contribution is -0.138. The second-order valence-electron chi connectivity index (χ2n) is 7.90. The van der Waals surface area contributed by atoms with Gasteiger partial charge in [-0.15, -0.1) is 0 Å². The third kappa shape index (κ3) is 3.78. The van der Waals surface area contributed by atoms with Gasteiger partial charge in [0.2, 0.25) is 5.91 Å². The van der Waals surface area contributed by atoms with Crippen molar-refractivity contribution in [3.63, 3.8) is 0 Å². The molecule has 2 heterocycles. The number of nitrogens with zero attached hydrogens (tertiary/aromatic N) is 1. The summed E-state index contributed by atoms with van der Waals surface area (Å²) in [7, 11) is 0. The topological polar surface area (TPSA) is 41.6 Å². The SMILES string of the molecule is CCN1CCc2ccc(NC(=O)C3(c4cccc(C(F)(F)F)c4)CCOCC3)cc21. The number of benzene rings is 2. The maximum atomic E-state index is 13.4. The first-order chi connectivity index (χ1) is 14.3. The van der Waals surface area contributed by atoms with Gasteiger partial charge in [0.25, 0.3) is 0 Å². The molecule has 2 aromatic rings. The first-order valence-electron chi connectivity index (χ1n) is 10.3. The molecular formula is C23H25F3N2O2. The summed E-state index contributed by atoms with van der Waals surface area (Å²) in [6.45, 7) is 4.59. The Morgan fingerprint density at radius 3 is 2.63 bits per heavy atom. The molecule has 0 aromatic heterocycles. The van der Waals surface area contributed by atoms with Crippen LogP contribution in [0.4, 0.5) is 24.5 Å². The van der Waals surface area contributed by atoms with Gasteiger partial charge in [-0.2, -0.15) is 13.2 Å². The molecule has 7 heteroatoms. The van der Waals surface area contributed by atoms with Crippen molar-refractivity contribution < 1.29 is 22.7 Å². The number of amides is 1. The van der Waals surface area contributed by atoms with E-state index in [-0.39, 0.29) is 5.91 Å². The zero-order valence-corrected chi connectivity index (χ0v) is 16.9. The molecule has 160 valence electrons. The highest BCUT2D eigenvalue weighted by molar-refractivity contribution is 5.99. The number of carbonyl (C=O) groups excluding carboxylic acids is 1. The third-order valence-electron chi connectivity index (χ3n) is 6.24. The van der Waals surface area contributed by atoms with Crippen LogP contribution < -0.4 is 10.2 Å². The van der Waals surface area contributed by atoms with Crippen molar-refractivity contribution in [1.82, 2.24) is 0 Å². The van der Waals surface area contributed by atoms with Crippen LogP contribution in [-0.4, -0.2) is 32.2 Å². The highest BCUT2D eigenvalue weighted by Gasteiger charge is 2.43. The third-order valence-corrected chi connectivity index (χ3v) is 6.24. The predicted molar refractivity (Wildman–Crippen MR) is 110 cm³/mol. The molecule has 2 aliphatic heterocycles. The van der Waals surface area contributed by atoms with E-state index >= 15 is 0 Å². The van der Waals surface area contributed by atoms with Gasteiger partial charge in [0.1, 0.15) is 0 Å². The fourth-order valence-electron chi connectivity index (χ4n) is 4.46. The van der Waals surface area contributed by atoms with Gasteiger partial charge in [-0.1, -0.05) is 24.3 Å². The fourth-order valence-corrected chi connectivity index (χ4v) is 4.46. The molecule has 0 bridgehead atoms. The molecule has 1 amide bonds. The molecule has 0 aliphatic carbocycles. The van der Waals surface area contributed by atoms with Gasteiger partial charge in [0.05, 0.1) is 11.0 Å². The average Bonchev–Trinajstić information content (AvgIpc) is 3.16. The van der Waals surface area contributed by atoms with Crippen LogP contribution in [0.3, 0.4) is 0 Å². The van der Waals surface area contributed by atoms with E-state index in [0.717, 1.165) is 37.3 Å². The second-order valence-corrected chi connectivity index (χ2v) is 7.90. The number of hydrogen-bond acceptors (Lipinski definition) is 3. The molecule has 4 rings (SSSR count). The van der Waals surface area contributed by atoms with Crippen molar-refractivity contribution in [2.24, 2.45) is 0 Å². The van der Waals surface area contributed by atoms with Crippen molar-refractivity contribution >= 4 is 17.3 Å². The number of halogens is 3. The van der Waals surface area contributed by atoms with Gasteiger partial charge in [-0.25, -0.2) is 0 Å². The van der Waals surface area contributed by atoms with Crippen molar-refractivity contribution in [2.75, 3.05) is 36.5 Å². The van der Waals surface area contributed by atoms with E-state index in [1.54, 1.807) is 6.07 Å². The molecule has 0 atom stereocenters. The number of alkyl halides is 3. The van der Waals surface area contributed by atoms with Crippen LogP contribution in [0.25, 0.3) is 0 Å². The van der Waals surface area contributed by atoms with E-state index in [1.165, 1.54) is 11.6 Å². The van der Waals surface area contributed by atoms with Gasteiger partial charge in [0.15, 0.2) is 0 Å². The lowest BCUT2D eigenvalue weighted by Gasteiger charge is -2.36. The van der Waals surface area contributed by atoms with Crippen LogP contribution in [0.1, 0.15) is 36.5 Å². The molecule has 2 aromatic carbocycles. The summed E-state index contributed by atoms with van der Waals surface area (Å²) in [5.41, 5.74) is 1.60. The number of hydrogen-bond donors (Lipinski definition) is 1. The van der Waals surface area contributed by atoms with E-state index in [0.29, 0.717) is 37.3 Å². The molecule has 0 unspecified atom stereocenters. The largest absolute Gasteiger partial charge is 0.416 e. The van der Waals surface area contributed by atoms with E-state index in [2.05, 4.69) is 17.1 Å². The molecule has 30 heavy (non-hydrogen) atoms. The number of anilines is 2. The van der Waals surface area contributed by atoms with Crippen molar-refractivity contribution in [3.05, 3.63) is 59.2 Å². The van der Waals surface area contributed by atoms with E-state index in [9.17, 15) is 18.0 Å². The summed E-state index contributed by atoms with van der Waals surface area (Å²) in [4.78, 5) is 15.7. The monoisotopic (exact) mass is 418 g/mol. The number of fused-ring (bicyclic) bond motifs is 1. The van der Waals surface area contributed by atoms with E-state index in [4.69, 9.17) is 4.74 Å². The zero-order valence-electron chi connectivity index (χ0n) is 16.9. The highest BCUT2D eigenvalue weighted by atomic mass is 19.4. The highest BCUT2D eigenvalue weighted by Crippen LogP contribution is 2.39. The predicted octanol–water partition coefficient (Wildman–Crippen LogP) is 4.77. The minimum absolute atomic E-state index is 0.286. The maximum Gasteiger partial charge on any atom is 0.416 e. The normalized spacial score (nSPS) is 18.2. The van der Waals surface area contributed by atoms with Crippen molar-refractivity contribution in [2.45, 2.75) is 37.8 Å². The van der Waals surface area contributed by atoms with Crippen LogP contribution in [-0.2, 0) is 27.5 Å². The average molecular weight is 418 g/mol. The number of likely N-dealkylation sites (N-methyl/N-ethyl adjacent to an activating group) is 1. The summed E-state index contributed by atoms with van der Waals surface area (Å²) in [5.74, 6) is -0.286. The molecule has 1 N–H and O–H groups in total. The van der Waals surface area contributed by atoms with Crippen molar-refractivity contribution in [3.8, 4) is 0 Å². The molecule has 1 saturated heterocycles. The van der Waals surface area contributed by atoms with Crippen molar-refractivity contribution in [1.29, 1.82) is 0 Å². The molecule has 1 fully saturated rings. The molecule has 0 radical (unpaired) electrons. The lowest BCUT2D eigenvalue weighted by atomic mass is 9.73. The number of carbonyl (C=O) groups is 1. The maximum absolute atomic E-state index is 13.4. The van der Waals surface area contributed by atoms with Gasteiger partial charge in [-0.3, -0.25) is 4.79 Å². The number of nitrogens with one attached hydrogen (secondary N) is 1. The Hall–Kier alpha value is -2.54.